The first-order valence-corrected chi connectivity index (χ1v) is 9.01. The predicted molar refractivity (Wildman–Crippen MR) is 102 cm³/mol. The summed E-state index contributed by atoms with van der Waals surface area (Å²) in [6.07, 6.45) is 1.02. The molecule has 3 N–H and O–H groups in total. The molecule has 1 saturated heterocycles. The molecule has 1 unspecified atom stereocenters. The molecule has 1 fully saturated rings. The number of nitrogens with one attached hydrogen (secondary N) is 1. The lowest BCUT2D eigenvalue weighted by molar-refractivity contribution is -0.129. The molecule has 0 bridgehead atoms. The zero-order valence-electron chi connectivity index (χ0n) is 15.1. The molecule has 3 amide bonds. The van der Waals surface area contributed by atoms with Crippen molar-refractivity contribution in [1.82, 2.24) is 10.2 Å². The molecular weight excluding hydrogens is 342 g/mol. The first-order chi connectivity index (χ1) is 13.0. The summed E-state index contributed by atoms with van der Waals surface area (Å²) in [5, 5.41) is 2.85. The van der Waals surface area contributed by atoms with Gasteiger partial charge in [0.2, 0.25) is 17.7 Å². The van der Waals surface area contributed by atoms with Crippen molar-refractivity contribution in [3.05, 3.63) is 71.3 Å². The molecule has 0 saturated carbocycles. The highest BCUT2D eigenvalue weighted by Crippen LogP contribution is 2.19. The summed E-state index contributed by atoms with van der Waals surface area (Å²) in [5.41, 5.74) is 7.65. The zero-order valence-corrected chi connectivity index (χ0v) is 15.1. The largest absolute Gasteiger partial charge is 0.366 e. The van der Waals surface area contributed by atoms with Crippen LogP contribution in [0, 0.1) is 5.92 Å². The second-order valence-corrected chi connectivity index (χ2v) is 6.76. The van der Waals surface area contributed by atoms with Gasteiger partial charge in [-0.25, -0.2) is 0 Å². The Morgan fingerprint density at radius 3 is 2.56 bits per heavy atom. The fraction of sp³-hybridized carbons (Fsp3) is 0.286. The minimum absolute atomic E-state index is 0.0156. The van der Waals surface area contributed by atoms with E-state index >= 15 is 0 Å². The average molecular weight is 365 g/mol. The van der Waals surface area contributed by atoms with Gasteiger partial charge in [0.25, 0.3) is 0 Å². The van der Waals surface area contributed by atoms with E-state index in [-0.39, 0.29) is 24.2 Å². The van der Waals surface area contributed by atoms with Gasteiger partial charge in [-0.05, 0) is 29.7 Å². The van der Waals surface area contributed by atoms with Crippen molar-refractivity contribution in [2.75, 3.05) is 13.1 Å². The topological polar surface area (TPSA) is 92.5 Å². The highest BCUT2D eigenvalue weighted by Gasteiger charge is 2.33. The van der Waals surface area contributed by atoms with E-state index in [1.165, 1.54) is 5.56 Å². The van der Waals surface area contributed by atoms with Crippen molar-refractivity contribution in [2.45, 2.75) is 19.4 Å². The quantitative estimate of drug-likeness (QED) is 0.779. The molecule has 0 aromatic heterocycles. The van der Waals surface area contributed by atoms with Gasteiger partial charge in [0.05, 0.1) is 5.92 Å². The SMILES string of the molecule is NC(=O)c1cccc(CNC(=O)C2CC(=O)N(CCc3ccccc3)C2)c1. The van der Waals surface area contributed by atoms with Crippen molar-refractivity contribution >= 4 is 17.7 Å². The molecule has 6 nitrogen and oxygen atoms in total. The van der Waals surface area contributed by atoms with Gasteiger partial charge in [-0.15, -0.1) is 0 Å². The van der Waals surface area contributed by atoms with E-state index in [2.05, 4.69) is 5.32 Å². The lowest BCUT2D eigenvalue weighted by Crippen LogP contribution is -2.33. The summed E-state index contributed by atoms with van der Waals surface area (Å²) in [6, 6.07) is 16.8. The third-order valence-electron chi connectivity index (χ3n) is 4.78. The maximum Gasteiger partial charge on any atom is 0.248 e. The van der Waals surface area contributed by atoms with Crippen LogP contribution in [0.25, 0.3) is 0 Å². The van der Waals surface area contributed by atoms with Crippen molar-refractivity contribution in [3.8, 4) is 0 Å². The molecule has 2 aromatic carbocycles. The molecule has 0 radical (unpaired) electrons. The summed E-state index contributed by atoms with van der Waals surface area (Å²) >= 11 is 0. The van der Waals surface area contributed by atoms with E-state index in [4.69, 9.17) is 5.73 Å². The fourth-order valence-electron chi connectivity index (χ4n) is 3.24. The standard InChI is InChI=1S/C21H23N3O3/c22-20(26)17-8-4-7-16(11-17)13-23-21(27)18-12-19(25)24(14-18)10-9-15-5-2-1-3-6-15/h1-8,11,18H,9-10,12-14H2,(H2,22,26)(H,23,27). The van der Waals surface area contributed by atoms with E-state index in [9.17, 15) is 14.4 Å². The minimum atomic E-state index is -0.501. The van der Waals surface area contributed by atoms with Crippen LogP contribution in [0.4, 0.5) is 0 Å². The van der Waals surface area contributed by atoms with Crippen LogP contribution in [0.3, 0.4) is 0 Å². The van der Waals surface area contributed by atoms with Crippen LogP contribution in [-0.2, 0) is 22.6 Å². The molecule has 27 heavy (non-hydrogen) atoms. The molecule has 1 atom stereocenters. The van der Waals surface area contributed by atoms with Crippen LogP contribution in [-0.4, -0.2) is 35.7 Å². The Kier molecular flexibility index (Phi) is 5.86. The third-order valence-corrected chi connectivity index (χ3v) is 4.78. The number of primary amides is 1. The zero-order chi connectivity index (χ0) is 19.2. The summed E-state index contributed by atoms with van der Waals surface area (Å²) in [5.74, 6) is -0.969. The highest BCUT2D eigenvalue weighted by molar-refractivity contribution is 5.93. The van der Waals surface area contributed by atoms with Gasteiger partial charge in [0, 0.05) is 31.6 Å². The molecule has 0 spiro atoms. The number of likely N-dealkylation sites (tertiary alicyclic amines) is 1. The number of hydrogen-bond donors (Lipinski definition) is 2. The molecule has 1 heterocycles. The van der Waals surface area contributed by atoms with E-state index in [1.54, 1.807) is 23.1 Å². The van der Waals surface area contributed by atoms with E-state index < -0.39 is 5.91 Å². The fourth-order valence-corrected chi connectivity index (χ4v) is 3.24. The number of nitrogens with zero attached hydrogens (tertiary/aromatic N) is 1. The van der Waals surface area contributed by atoms with E-state index in [0.717, 1.165) is 12.0 Å². The Morgan fingerprint density at radius 1 is 1.07 bits per heavy atom. The molecule has 1 aliphatic rings. The van der Waals surface area contributed by atoms with Crippen LogP contribution < -0.4 is 11.1 Å². The van der Waals surface area contributed by atoms with Gasteiger partial charge in [0.15, 0.2) is 0 Å². The average Bonchev–Trinajstić information content (AvgIpc) is 3.06. The lowest BCUT2D eigenvalue weighted by atomic mass is 10.1. The number of amides is 3. The van der Waals surface area contributed by atoms with E-state index in [0.29, 0.717) is 25.2 Å². The second-order valence-electron chi connectivity index (χ2n) is 6.76. The summed E-state index contributed by atoms with van der Waals surface area (Å²) in [6.45, 7) is 1.36. The number of hydrogen-bond acceptors (Lipinski definition) is 3. The summed E-state index contributed by atoms with van der Waals surface area (Å²) < 4.78 is 0. The molecule has 0 aliphatic carbocycles. The maximum atomic E-state index is 12.4. The number of carbonyl (C=O) groups is 3. The van der Waals surface area contributed by atoms with Crippen LogP contribution in [0.15, 0.2) is 54.6 Å². The molecule has 3 rings (SSSR count). The van der Waals surface area contributed by atoms with Gasteiger partial charge in [-0.3, -0.25) is 14.4 Å². The second kappa shape index (κ2) is 8.49. The highest BCUT2D eigenvalue weighted by atomic mass is 16.2. The van der Waals surface area contributed by atoms with Gasteiger partial charge in [0.1, 0.15) is 0 Å². The molecule has 2 aromatic rings. The van der Waals surface area contributed by atoms with Crippen LogP contribution >= 0.6 is 0 Å². The van der Waals surface area contributed by atoms with E-state index in [1.807, 2.05) is 36.4 Å². The maximum absolute atomic E-state index is 12.4. The molecule has 6 heteroatoms. The molecule has 1 aliphatic heterocycles. The Labute approximate surface area is 158 Å². The van der Waals surface area contributed by atoms with Crippen LogP contribution in [0.2, 0.25) is 0 Å². The number of nitrogens with two attached hydrogens (primary N) is 1. The summed E-state index contributed by atoms with van der Waals surface area (Å²) in [7, 11) is 0. The van der Waals surface area contributed by atoms with Crippen LogP contribution in [0.5, 0.6) is 0 Å². The minimum Gasteiger partial charge on any atom is -0.366 e. The summed E-state index contributed by atoms with van der Waals surface area (Å²) in [4.78, 5) is 37.6. The smallest absolute Gasteiger partial charge is 0.248 e. The predicted octanol–water partition coefficient (Wildman–Crippen LogP) is 1.49. The Balaban J connectivity index is 1.50. The van der Waals surface area contributed by atoms with Crippen molar-refractivity contribution in [1.29, 1.82) is 0 Å². The molecule has 140 valence electrons. The van der Waals surface area contributed by atoms with Crippen molar-refractivity contribution in [2.24, 2.45) is 11.7 Å². The lowest BCUT2D eigenvalue weighted by Gasteiger charge is -2.16. The van der Waals surface area contributed by atoms with Gasteiger partial charge in [-0.2, -0.15) is 0 Å². The number of rotatable bonds is 7. The van der Waals surface area contributed by atoms with Gasteiger partial charge < -0.3 is 16.0 Å². The third kappa shape index (κ3) is 4.94. The normalized spacial score (nSPS) is 16.4. The first-order valence-electron chi connectivity index (χ1n) is 9.01. The molecular formula is C21H23N3O3. The van der Waals surface area contributed by atoms with Gasteiger partial charge in [-0.1, -0.05) is 42.5 Å². The Morgan fingerprint density at radius 2 is 1.81 bits per heavy atom. The monoisotopic (exact) mass is 365 g/mol. The van der Waals surface area contributed by atoms with Crippen molar-refractivity contribution in [3.63, 3.8) is 0 Å². The number of carbonyl (C=O) groups excluding carboxylic acids is 3. The van der Waals surface area contributed by atoms with Crippen molar-refractivity contribution < 1.29 is 14.4 Å². The Bertz CT molecular complexity index is 836. The Hall–Kier alpha value is -3.15. The first kappa shape index (κ1) is 18.6. The van der Waals surface area contributed by atoms with Gasteiger partial charge >= 0.3 is 0 Å². The number of benzene rings is 2. The van der Waals surface area contributed by atoms with Crippen LogP contribution in [0.1, 0.15) is 27.9 Å².